The van der Waals surface area contributed by atoms with Crippen molar-refractivity contribution in [3.05, 3.63) is 48.0 Å². The molecule has 1 atom stereocenters. The third-order valence-corrected chi connectivity index (χ3v) is 17.7. The maximum absolute atomic E-state index is 6.53. The molecule has 0 N–H and O–H groups in total. The lowest BCUT2D eigenvalue weighted by Gasteiger charge is -2.39. The SMILES string of the molecule is C=C(CCCC#C[Si](C)(C)C(C)(C)C(C)C)C[C@@H](CO[Si](C)(C)C(C)(C)C)OCc1ccccc1. The van der Waals surface area contributed by atoms with Gasteiger partial charge in [0, 0.05) is 6.42 Å². The Morgan fingerprint density at radius 3 is 2.14 bits per heavy atom. The van der Waals surface area contributed by atoms with Crippen LogP contribution in [0.3, 0.4) is 0 Å². The zero-order valence-electron chi connectivity index (χ0n) is 24.8. The second kappa shape index (κ2) is 13.4. The molecule has 0 aliphatic rings. The van der Waals surface area contributed by atoms with Gasteiger partial charge >= 0.3 is 0 Å². The molecular formula is C31H54O2Si2. The van der Waals surface area contributed by atoms with Gasteiger partial charge in [0.15, 0.2) is 8.32 Å². The smallest absolute Gasteiger partial charge is 0.192 e. The molecule has 0 radical (unpaired) electrons. The summed E-state index contributed by atoms with van der Waals surface area (Å²) in [5.74, 6) is 4.18. The van der Waals surface area contributed by atoms with Crippen molar-refractivity contribution in [2.75, 3.05) is 6.61 Å². The van der Waals surface area contributed by atoms with Crippen molar-refractivity contribution in [2.24, 2.45) is 5.92 Å². The first-order chi connectivity index (χ1) is 16.0. The largest absolute Gasteiger partial charge is 0.414 e. The summed E-state index contributed by atoms with van der Waals surface area (Å²) < 4.78 is 12.9. The average molecular weight is 515 g/mol. The van der Waals surface area contributed by atoms with E-state index >= 15 is 0 Å². The Morgan fingerprint density at radius 1 is 1.00 bits per heavy atom. The van der Waals surface area contributed by atoms with Gasteiger partial charge in [0.25, 0.3) is 0 Å². The van der Waals surface area contributed by atoms with Crippen LogP contribution < -0.4 is 0 Å². The summed E-state index contributed by atoms with van der Waals surface area (Å²) in [6, 6.07) is 10.4. The van der Waals surface area contributed by atoms with Crippen molar-refractivity contribution in [1.82, 2.24) is 0 Å². The van der Waals surface area contributed by atoms with Crippen molar-refractivity contribution >= 4 is 16.4 Å². The lowest BCUT2D eigenvalue weighted by molar-refractivity contribution is 0.00619. The molecule has 0 saturated carbocycles. The number of unbranched alkanes of at least 4 members (excludes halogenated alkanes) is 1. The summed E-state index contributed by atoms with van der Waals surface area (Å²) in [5.41, 5.74) is 6.14. The Morgan fingerprint density at radius 2 is 1.60 bits per heavy atom. The summed E-state index contributed by atoms with van der Waals surface area (Å²) in [6.45, 7) is 31.3. The number of hydrogen-bond acceptors (Lipinski definition) is 2. The molecule has 0 amide bonds. The molecule has 198 valence electrons. The van der Waals surface area contributed by atoms with E-state index in [0.29, 0.717) is 24.2 Å². The predicted molar refractivity (Wildman–Crippen MR) is 160 cm³/mol. The van der Waals surface area contributed by atoms with Crippen LogP contribution in [0.2, 0.25) is 36.3 Å². The Kier molecular flexibility index (Phi) is 12.2. The fourth-order valence-corrected chi connectivity index (χ4v) is 6.86. The van der Waals surface area contributed by atoms with E-state index < -0.39 is 16.4 Å². The van der Waals surface area contributed by atoms with Gasteiger partial charge in [-0.05, 0) is 53.9 Å². The normalized spacial score (nSPS) is 13.9. The molecule has 0 aliphatic carbocycles. The van der Waals surface area contributed by atoms with Crippen molar-refractivity contribution in [3.63, 3.8) is 0 Å². The highest BCUT2D eigenvalue weighted by Crippen LogP contribution is 2.43. The Hall–Kier alpha value is -1.13. The average Bonchev–Trinajstić information content (AvgIpc) is 2.75. The minimum atomic E-state index is -1.83. The highest BCUT2D eigenvalue weighted by molar-refractivity contribution is 6.87. The maximum Gasteiger partial charge on any atom is 0.192 e. The summed E-state index contributed by atoms with van der Waals surface area (Å²) in [6.07, 6.45) is 3.87. The molecule has 1 aromatic carbocycles. The van der Waals surface area contributed by atoms with Crippen LogP contribution in [-0.2, 0) is 15.8 Å². The quantitative estimate of drug-likeness (QED) is 0.113. The first-order valence-corrected chi connectivity index (χ1v) is 19.4. The Labute approximate surface area is 220 Å². The summed E-state index contributed by atoms with van der Waals surface area (Å²) in [4.78, 5) is 0. The molecule has 0 aromatic heterocycles. The lowest BCUT2D eigenvalue weighted by atomic mass is 9.99. The lowest BCUT2D eigenvalue weighted by Crippen LogP contribution is -2.43. The van der Waals surface area contributed by atoms with Crippen LogP contribution in [0.1, 0.15) is 79.7 Å². The highest BCUT2D eigenvalue weighted by Gasteiger charge is 2.40. The molecule has 0 spiro atoms. The molecule has 1 rings (SSSR count). The highest BCUT2D eigenvalue weighted by atomic mass is 28.4. The monoisotopic (exact) mass is 514 g/mol. The minimum absolute atomic E-state index is 0.0288. The van der Waals surface area contributed by atoms with Gasteiger partial charge in [-0.1, -0.05) is 104 Å². The molecule has 0 fully saturated rings. The second-order valence-corrected chi connectivity index (χ2v) is 22.7. The Balaban J connectivity index is 2.68. The molecule has 2 nitrogen and oxygen atoms in total. The maximum atomic E-state index is 6.53. The molecule has 0 saturated heterocycles. The van der Waals surface area contributed by atoms with E-state index in [1.165, 1.54) is 11.1 Å². The van der Waals surface area contributed by atoms with Crippen molar-refractivity contribution in [1.29, 1.82) is 0 Å². The number of benzene rings is 1. The van der Waals surface area contributed by atoms with E-state index in [-0.39, 0.29) is 11.1 Å². The van der Waals surface area contributed by atoms with Gasteiger partial charge in [-0.3, -0.25) is 0 Å². The van der Waals surface area contributed by atoms with Crippen molar-refractivity contribution in [3.8, 4) is 11.5 Å². The molecule has 1 aromatic rings. The first-order valence-electron chi connectivity index (χ1n) is 13.5. The van der Waals surface area contributed by atoms with E-state index in [2.05, 4.69) is 117 Å². The van der Waals surface area contributed by atoms with E-state index in [4.69, 9.17) is 9.16 Å². The van der Waals surface area contributed by atoms with E-state index in [1.54, 1.807) is 0 Å². The second-order valence-electron chi connectivity index (χ2n) is 13.1. The molecule has 0 unspecified atom stereocenters. The van der Waals surface area contributed by atoms with Gasteiger partial charge in [0.2, 0.25) is 0 Å². The van der Waals surface area contributed by atoms with Gasteiger partial charge < -0.3 is 9.16 Å². The zero-order chi connectivity index (χ0) is 26.9. The molecule has 0 heterocycles. The topological polar surface area (TPSA) is 18.5 Å². The van der Waals surface area contributed by atoms with E-state index in [1.807, 2.05) is 6.07 Å². The summed E-state index contributed by atoms with van der Waals surface area (Å²) in [5, 5.41) is 0.505. The molecule has 35 heavy (non-hydrogen) atoms. The van der Waals surface area contributed by atoms with Crippen LogP contribution in [-0.4, -0.2) is 29.1 Å². The van der Waals surface area contributed by atoms with E-state index in [0.717, 1.165) is 25.7 Å². The van der Waals surface area contributed by atoms with Gasteiger partial charge in [0.05, 0.1) is 19.3 Å². The fourth-order valence-electron chi connectivity index (χ4n) is 3.49. The van der Waals surface area contributed by atoms with E-state index in [9.17, 15) is 0 Å². The fraction of sp³-hybridized carbons (Fsp3) is 0.677. The van der Waals surface area contributed by atoms with Crippen LogP contribution in [0.5, 0.6) is 0 Å². The van der Waals surface area contributed by atoms with Crippen molar-refractivity contribution in [2.45, 2.75) is 123 Å². The summed E-state index contributed by atoms with van der Waals surface area (Å²) >= 11 is 0. The first kappa shape index (κ1) is 31.9. The molecular weight excluding hydrogens is 461 g/mol. The van der Waals surface area contributed by atoms with Crippen LogP contribution >= 0.6 is 0 Å². The molecule has 4 heteroatoms. The molecule has 0 aliphatic heterocycles. The van der Waals surface area contributed by atoms with Gasteiger partial charge in [-0.15, -0.1) is 11.5 Å². The van der Waals surface area contributed by atoms with Gasteiger partial charge in [-0.2, -0.15) is 0 Å². The van der Waals surface area contributed by atoms with Crippen LogP contribution in [0.25, 0.3) is 0 Å². The minimum Gasteiger partial charge on any atom is -0.414 e. The third-order valence-electron chi connectivity index (χ3n) is 8.57. The number of hydrogen-bond donors (Lipinski definition) is 0. The van der Waals surface area contributed by atoms with Crippen molar-refractivity contribution < 1.29 is 9.16 Å². The predicted octanol–water partition coefficient (Wildman–Crippen LogP) is 9.40. The number of rotatable bonds is 13. The van der Waals surface area contributed by atoms with Gasteiger partial charge in [0.1, 0.15) is 8.07 Å². The molecule has 0 bridgehead atoms. The third kappa shape index (κ3) is 10.4. The Bertz CT molecular complexity index is 836. The van der Waals surface area contributed by atoms with Crippen LogP contribution in [0.15, 0.2) is 42.5 Å². The standard InChI is InChI=1S/C31H54O2Si2/c1-26(2)31(7,8)34(9,10)22-18-14-15-19-27(3)23-29(25-33-35(11,12)30(4,5)6)32-24-28-20-16-13-17-21-28/h13,16-17,20-21,26,29H,3,14-15,19,23-25H2,1-2,4-12H3/t29-/m0/s1. The van der Waals surface area contributed by atoms with Crippen LogP contribution in [0, 0.1) is 17.4 Å². The van der Waals surface area contributed by atoms with Crippen LogP contribution in [0.4, 0.5) is 0 Å². The summed E-state index contributed by atoms with van der Waals surface area (Å²) in [7, 11) is -3.43. The zero-order valence-corrected chi connectivity index (χ0v) is 26.8. The van der Waals surface area contributed by atoms with Gasteiger partial charge in [-0.25, -0.2) is 0 Å². The number of ether oxygens (including phenoxy) is 1.